The van der Waals surface area contributed by atoms with Gasteiger partial charge in [0.05, 0.1) is 13.2 Å². The van der Waals surface area contributed by atoms with Gasteiger partial charge in [0.2, 0.25) is 11.8 Å². The molecule has 0 spiro atoms. The maximum atomic E-state index is 12.2. The molecule has 2 fully saturated rings. The predicted octanol–water partition coefficient (Wildman–Crippen LogP) is -1.55. The number of nitrogens with one attached hydrogen (secondary N) is 1. The highest BCUT2D eigenvalue weighted by atomic mass is 16.5. The van der Waals surface area contributed by atoms with E-state index in [9.17, 15) is 9.59 Å². The van der Waals surface area contributed by atoms with E-state index in [4.69, 9.17) is 10.5 Å². The van der Waals surface area contributed by atoms with Gasteiger partial charge in [0.15, 0.2) is 0 Å². The zero-order valence-electron chi connectivity index (χ0n) is 9.20. The zero-order chi connectivity index (χ0) is 11.6. The van der Waals surface area contributed by atoms with Crippen molar-refractivity contribution >= 4 is 11.8 Å². The Morgan fingerprint density at radius 2 is 2.38 bits per heavy atom. The van der Waals surface area contributed by atoms with Crippen LogP contribution in [0.4, 0.5) is 0 Å². The Hall–Kier alpha value is -1.14. The molecule has 0 bridgehead atoms. The number of carbonyl (C=O) groups is 2. The Morgan fingerprint density at radius 3 is 3.06 bits per heavy atom. The third-order valence-electron chi connectivity index (χ3n) is 3.03. The summed E-state index contributed by atoms with van der Waals surface area (Å²) in [4.78, 5) is 25.0. The van der Waals surface area contributed by atoms with Gasteiger partial charge in [-0.25, -0.2) is 0 Å². The highest BCUT2D eigenvalue weighted by Gasteiger charge is 2.41. The normalized spacial score (nSPS) is 31.1. The van der Waals surface area contributed by atoms with Crippen molar-refractivity contribution in [1.29, 1.82) is 0 Å². The van der Waals surface area contributed by atoms with Crippen LogP contribution < -0.4 is 11.1 Å². The molecule has 90 valence electrons. The molecule has 0 aromatic heterocycles. The third-order valence-corrected chi connectivity index (χ3v) is 3.03. The lowest BCUT2D eigenvalue weighted by molar-refractivity contribution is -0.139. The first-order valence-electron chi connectivity index (χ1n) is 5.54. The van der Waals surface area contributed by atoms with E-state index in [1.807, 2.05) is 0 Å². The van der Waals surface area contributed by atoms with E-state index in [1.54, 1.807) is 0 Å². The van der Waals surface area contributed by atoms with Crippen LogP contribution in [0.3, 0.4) is 0 Å². The molecule has 2 heterocycles. The van der Waals surface area contributed by atoms with Crippen molar-refractivity contribution < 1.29 is 14.3 Å². The summed E-state index contributed by atoms with van der Waals surface area (Å²) in [7, 11) is 0. The standard InChI is InChI=1S/C10H17N3O3/c11-10(2-5-16-7-10)9(15)13-4-1-3-12-8(14)6-13/h1-7,11H2,(H,12,14). The van der Waals surface area contributed by atoms with Crippen molar-refractivity contribution in [2.45, 2.75) is 18.4 Å². The minimum absolute atomic E-state index is 0.109. The molecule has 1 atom stereocenters. The first kappa shape index (κ1) is 11.3. The SMILES string of the molecule is NC1(C(=O)N2CCCNC(=O)C2)CCOC1. The largest absolute Gasteiger partial charge is 0.379 e. The number of nitrogens with zero attached hydrogens (tertiary/aromatic N) is 1. The minimum Gasteiger partial charge on any atom is -0.379 e. The van der Waals surface area contributed by atoms with E-state index in [-0.39, 0.29) is 25.0 Å². The van der Waals surface area contributed by atoms with E-state index in [0.717, 1.165) is 6.42 Å². The average Bonchev–Trinajstić information content (AvgIpc) is 2.58. The molecule has 2 amide bonds. The quantitative estimate of drug-likeness (QED) is 0.568. The summed E-state index contributed by atoms with van der Waals surface area (Å²) in [6, 6.07) is 0. The molecule has 0 aromatic rings. The minimum atomic E-state index is -0.926. The van der Waals surface area contributed by atoms with Gasteiger partial charge in [0, 0.05) is 19.7 Å². The van der Waals surface area contributed by atoms with E-state index >= 15 is 0 Å². The van der Waals surface area contributed by atoms with E-state index < -0.39 is 5.54 Å². The molecule has 0 aromatic carbocycles. The topological polar surface area (TPSA) is 84.7 Å². The molecule has 2 aliphatic heterocycles. The van der Waals surface area contributed by atoms with Crippen LogP contribution in [0.25, 0.3) is 0 Å². The molecule has 0 aliphatic carbocycles. The summed E-state index contributed by atoms with van der Waals surface area (Å²) in [5, 5.41) is 2.73. The fourth-order valence-corrected chi connectivity index (χ4v) is 2.04. The summed E-state index contributed by atoms with van der Waals surface area (Å²) in [6.07, 6.45) is 1.30. The predicted molar refractivity (Wildman–Crippen MR) is 56.6 cm³/mol. The van der Waals surface area contributed by atoms with Crippen molar-refractivity contribution in [2.75, 3.05) is 32.8 Å². The number of hydrogen-bond donors (Lipinski definition) is 2. The van der Waals surface area contributed by atoms with Gasteiger partial charge in [-0.3, -0.25) is 9.59 Å². The molecule has 2 rings (SSSR count). The summed E-state index contributed by atoms with van der Waals surface area (Å²) in [6.45, 7) is 2.08. The Bertz CT molecular complexity index is 300. The van der Waals surface area contributed by atoms with Gasteiger partial charge in [-0.2, -0.15) is 0 Å². The highest BCUT2D eigenvalue weighted by Crippen LogP contribution is 2.18. The number of amides is 2. The summed E-state index contributed by atoms with van der Waals surface area (Å²) in [5.41, 5.74) is 5.06. The second kappa shape index (κ2) is 4.39. The van der Waals surface area contributed by atoms with Gasteiger partial charge >= 0.3 is 0 Å². The molecule has 6 heteroatoms. The van der Waals surface area contributed by atoms with Crippen LogP contribution in [0.2, 0.25) is 0 Å². The van der Waals surface area contributed by atoms with E-state index in [2.05, 4.69) is 5.32 Å². The lowest BCUT2D eigenvalue weighted by Crippen LogP contribution is -2.57. The smallest absolute Gasteiger partial charge is 0.245 e. The van der Waals surface area contributed by atoms with Crippen molar-refractivity contribution in [3.8, 4) is 0 Å². The first-order valence-corrected chi connectivity index (χ1v) is 5.54. The highest BCUT2D eigenvalue weighted by molar-refractivity contribution is 5.90. The molecular formula is C10H17N3O3. The van der Waals surface area contributed by atoms with Gasteiger partial charge in [-0.15, -0.1) is 0 Å². The van der Waals surface area contributed by atoms with Gasteiger partial charge in [-0.05, 0) is 12.8 Å². The third kappa shape index (κ3) is 2.17. The maximum absolute atomic E-state index is 12.2. The van der Waals surface area contributed by atoms with Gasteiger partial charge in [0.1, 0.15) is 5.54 Å². The second-order valence-electron chi connectivity index (χ2n) is 4.39. The summed E-state index contributed by atoms with van der Waals surface area (Å²) >= 11 is 0. The van der Waals surface area contributed by atoms with Crippen molar-refractivity contribution in [2.24, 2.45) is 5.73 Å². The molecule has 2 saturated heterocycles. The molecule has 16 heavy (non-hydrogen) atoms. The maximum Gasteiger partial charge on any atom is 0.245 e. The Balaban J connectivity index is 2.05. The molecule has 3 N–H and O–H groups in total. The van der Waals surface area contributed by atoms with Crippen LogP contribution in [0.15, 0.2) is 0 Å². The zero-order valence-corrected chi connectivity index (χ0v) is 9.20. The van der Waals surface area contributed by atoms with Gasteiger partial charge < -0.3 is 20.7 Å². The van der Waals surface area contributed by atoms with E-state index in [0.29, 0.717) is 26.1 Å². The fraction of sp³-hybridized carbons (Fsp3) is 0.800. The second-order valence-corrected chi connectivity index (χ2v) is 4.39. The average molecular weight is 227 g/mol. The van der Waals surface area contributed by atoms with E-state index in [1.165, 1.54) is 4.90 Å². The Labute approximate surface area is 94.1 Å². The van der Waals surface area contributed by atoms with Crippen LogP contribution in [0, 0.1) is 0 Å². The lowest BCUT2D eigenvalue weighted by Gasteiger charge is -2.28. The van der Waals surface area contributed by atoms with Crippen LogP contribution >= 0.6 is 0 Å². The lowest BCUT2D eigenvalue weighted by atomic mass is 9.98. The number of hydrogen-bond acceptors (Lipinski definition) is 4. The van der Waals surface area contributed by atoms with Crippen molar-refractivity contribution in [1.82, 2.24) is 10.2 Å². The monoisotopic (exact) mass is 227 g/mol. The summed E-state index contributed by atoms with van der Waals surface area (Å²) in [5.74, 6) is -0.282. The number of rotatable bonds is 1. The molecule has 0 radical (unpaired) electrons. The summed E-state index contributed by atoms with van der Waals surface area (Å²) < 4.78 is 5.16. The van der Waals surface area contributed by atoms with Gasteiger partial charge in [-0.1, -0.05) is 0 Å². The Morgan fingerprint density at radius 1 is 1.56 bits per heavy atom. The fourth-order valence-electron chi connectivity index (χ4n) is 2.04. The van der Waals surface area contributed by atoms with Crippen LogP contribution in [-0.2, 0) is 14.3 Å². The molecular weight excluding hydrogens is 210 g/mol. The molecule has 2 aliphatic rings. The Kier molecular flexibility index (Phi) is 3.11. The first-order chi connectivity index (χ1) is 7.62. The van der Waals surface area contributed by atoms with Crippen LogP contribution in [-0.4, -0.2) is 55.1 Å². The van der Waals surface area contributed by atoms with Crippen LogP contribution in [0.1, 0.15) is 12.8 Å². The molecule has 1 unspecified atom stereocenters. The van der Waals surface area contributed by atoms with Crippen molar-refractivity contribution in [3.63, 3.8) is 0 Å². The van der Waals surface area contributed by atoms with Crippen molar-refractivity contribution in [3.05, 3.63) is 0 Å². The number of nitrogens with two attached hydrogens (primary N) is 1. The number of ether oxygens (including phenoxy) is 1. The molecule has 6 nitrogen and oxygen atoms in total. The number of carbonyl (C=O) groups excluding carboxylic acids is 2. The molecule has 0 saturated carbocycles. The van der Waals surface area contributed by atoms with Crippen LogP contribution in [0.5, 0.6) is 0 Å². The van der Waals surface area contributed by atoms with Gasteiger partial charge in [0.25, 0.3) is 0 Å².